The van der Waals surface area contributed by atoms with Crippen molar-refractivity contribution in [1.29, 1.82) is 0 Å². The number of fused-ring (bicyclic) bond motifs is 1. The maximum atomic E-state index is 12.1. The summed E-state index contributed by atoms with van der Waals surface area (Å²) in [6.07, 6.45) is 1.02. The molecule has 1 aliphatic heterocycles. The molecule has 0 atom stereocenters. The zero-order chi connectivity index (χ0) is 12.5. The van der Waals surface area contributed by atoms with E-state index in [1.54, 1.807) is 11.3 Å². The van der Waals surface area contributed by atoms with Crippen molar-refractivity contribution in [2.24, 2.45) is 0 Å². The Morgan fingerprint density at radius 1 is 1.39 bits per heavy atom. The number of carbonyl (C=O) groups excluding carboxylic acids is 1. The van der Waals surface area contributed by atoms with Crippen LogP contribution < -0.4 is 10.6 Å². The lowest BCUT2D eigenvalue weighted by atomic mass is 10.1. The minimum absolute atomic E-state index is 0.0281. The van der Waals surface area contributed by atoms with Crippen molar-refractivity contribution in [2.45, 2.75) is 13.3 Å². The third-order valence-electron chi connectivity index (χ3n) is 3.17. The highest BCUT2D eigenvalue weighted by molar-refractivity contribution is 7.08. The van der Waals surface area contributed by atoms with Gasteiger partial charge < -0.3 is 10.6 Å². The summed E-state index contributed by atoms with van der Waals surface area (Å²) in [6.45, 7) is 2.94. The zero-order valence-corrected chi connectivity index (χ0v) is 10.9. The number of amides is 1. The topological polar surface area (TPSA) is 41.1 Å². The third-order valence-corrected chi connectivity index (χ3v) is 4.03. The van der Waals surface area contributed by atoms with Crippen LogP contribution in [0.5, 0.6) is 0 Å². The number of hydrogen-bond donors (Lipinski definition) is 2. The Labute approximate surface area is 110 Å². The molecule has 0 saturated heterocycles. The van der Waals surface area contributed by atoms with E-state index in [4.69, 9.17) is 0 Å². The van der Waals surface area contributed by atoms with Crippen molar-refractivity contribution in [3.05, 3.63) is 45.6 Å². The van der Waals surface area contributed by atoms with Gasteiger partial charge in [0, 0.05) is 23.3 Å². The predicted molar refractivity (Wildman–Crippen MR) is 75.6 cm³/mol. The molecule has 2 N–H and O–H groups in total. The first-order valence-corrected chi connectivity index (χ1v) is 6.89. The lowest BCUT2D eigenvalue weighted by Gasteiger charge is -2.07. The standard InChI is InChI=1S/C14H14N2OS/c1-9-7-18-8-12(9)14(17)16-11-2-3-13-10(6-11)4-5-15-13/h2-3,6-8,15H,4-5H2,1H3,(H,16,17). The summed E-state index contributed by atoms with van der Waals surface area (Å²) in [6, 6.07) is 6.02. The van der Waals surface area contributed by atoms with Gasteiger partial charge >= 0.3 is 0 Å². The van der Waals surface area contributed by atoms with Gasteiger partial charge in [0.2, 0.25) is 0 Å². The summed E-state index contributed by atoms with van der Waals surface area (Å²) in [5.74, 6) is -0.0281. The molecule has 18 heavy (non-hydrogen) atoms. The van der Waals surface area contributed by atoms with Crippen LogP contribution >= 0.6 is 11.3 Å². The summed E-state index contributed by atoms with van der Waals surface area (Å²) in [5, 5.41) is 10.1. The first-order valence-electron chi connectivity index (χ1n) is 5.95. The molecule has 0 aliphatic carbocycles. The molecule has 3 nitrogen and oxygen atoms in total. The number of benzene rings is 1. The molecular weight excluding hydrogens is 244 g/mol. The zero-order valence-electron chi connectivity index (χ0n) is 10.1. The normalized spacial score (nSPS) is 12.9. The van der Waals surface area contributed by atoms with Crippen molar-refractivity contribution >= 4 is 28.6 Å². The number of nitrogens with one attached hydrogen (secondary N) is 2. The second-order valence-electron chi connectivity index (χ2n) is 4.47. The lowest BCUT2D eigenvalue weighted by Crippen LogP contribution is -2.12. The summed E-state index contributed by atoms with van der Waals surface area (Å²) in [7, 11) is 0. The minimum Gasteiger partial charge on any atom is -0.384 e. The highest BCUT2D eigenvalue weighted by Crippen LogP contribution is 2.25. The van der Waals surface area contributed by atoms with Crippen molar-refractivity contribution in [1.82, 2.24) is 0 Å². The summed E-state index contributed by atoms with van der Waals surface area (Å²) >= 11 is 1.55. The molecule has 1 aliphatic rings. The first kappa shape index (κ1) is 11.3. The summed E-state index contributed by atoms with van der Waals surface area (Å²) in [5.41, 5.74) is 5.11. The highest BCUT2D eigenvalue weighted by atomic mass is 32.1. The van der Waals surface area contributed by atoms with E-state index >= 15 is 0 Å². The van der Waals surface area contributed by atoms with Gasteiger partial charge in [0.05, 0.1) is 5.56 Å². The van der Waals surface area contributed by atoms with E-state index in [1.807, 2.05) is 29.8 Å². The number of thiophene rings is 1. The van der Waals surface area contributed by atoms with E-state index in [-0.39, 0.29) is 5.91 Å². The van der Waals surface area contributed by atoms with Crippen molar-refractivity contribution in [3.8, 4) is 0 Å². The van der Waals surface area contributed by atoms with Crippen LogP contribution in [0.25, 0.3) is 0 Å². The van der Waals surface area contributed by atoms with Gasteiger partial charge in [0.25, 0.3) is 5.91 Å². The van der Waals surface area contributed by atoms with E-state index in [0.29, 0.717) is 0 Å². The fraction of sp³-hybridized carbons (Fsp3) is 0.214. The maximum Gasteiger partial charge on any atom is 0.256 e. The van der Waals surface area contributed by atoms with Crippen LogP contribution in [0.4, 0.5) is 11.4 Å². The molecule has 2 heterocycles. The Bertz CT molecular complexity index is 604. The quantitative estimate of drug-likeness (QED) is 0.868. The molecule has 0 fully saturated rings. The number of aryl methyl sites for hydroxylation is 1. The molecular formula is C14H14N2OS. The fourth-order valence-corrected chi connectivity index (χ4v) is 3.00. The van der Waals surface area contributed by atoms with E-state index in [9.17, 15) is 4.79 Å². The van der Waals surface area contributed by atoms with Crippen LogP contribution in [0.15, 0.2) is 29.0 Å². The Balaban J connectivity index is 1.81. The molecule has 0 spiro atoms. The Morgan fingerprint density at radius 3 is 3.06 bits per heavy atom. The molecule has 1 aromatic heterocycles. The SMILES string of the molecule is Cc1cscc1C(=O)Nc1ccc2c(c1)CCN2. The molecule has 0 saturated carbocycles. The Hall–Kier alpha value is -1.81. The Kier molecular flexibility index (Phi) is 2.80. The summed E-state index contributed by atoms with van der Waals surface area (Å²) < 4.78 is 0. The smallest absolute Gasteiger partial charge is 0.256 e. The van der Waals surface area contributed by atoms with Gasteiger partial charge in [-0.25, -0.2) is 0 Å². The van der Waals surface area contributed by atoms with Crippen LogP contribution in [0.3, 0.4) is 0 Å². The van der Waals surface area contributed by atoms with Gasteiger partial charge in [-0.15, -0.1) is 0 Å². The van der Waals surface area contributed by atoms with Gasteiger partial charge in [-0.05, 0) is 48.1 Å². The number of carbonyl (C=O) groups is 1. The monoisotopic (exact) mass is 258 g/mol. The second-order valence-corrected chi connectivity index (χ2v) is 5.21. The highest BCUT2D eigenvalue weighted by Gasteiger charge is 2.13. The van der Waals surface area contributed by atoms with Crippen LogP contribution in [-0.2, 0) is 6.42 Å². The van der Waals surface area contributed by atoms with E-state index in [0.717, 1.165) is 29.8 Å². The molecule has 92 valence electrons. The molecule has 2 aromatic rings. The van der Waals surface area contributed by atoms with Gasteiger partial charge in [-0.2, -0.15) is 11.3 Å². The molecule has 3 rings (SSSR count). The van der Waals surface area contributed by atoms with Crippen LogP contribution in [0.1, 0.15) is 21.5 Å². The average Bonchev–Trinajstić information content (AvgIpc) is 2.96. The van der Waals surface area contributed by atoms with E-state index in [1.165, 1.54) is 11.3 Å². The fourth-order valence-electron chi connectivity index (χ4n) is 2.17. The van der Waals surface area contributed by atoms with Crippen molar-refractivity contribution in [3.63, 3.8) is 0 Å². The van der Waals surface area contributed by atoms with E-state index in [2.05, 4.69) is 16.7 Å². The third kappa shape index (κ3) is 1.99. The molecule has 1 aromatic carbocycles. The van der Waals surface area contributed by atoms with Gasteiger partial charge in [0.15, 0.2) is 0 Å². The predicted octanol–water partition coefficient (Wildman–Crippen LogP) is 3.28. The number of hydrogen-bond acceptors (Lipinski definition) is 3. The molecule has 0 bridgehead atoms. The Morgan fingerprint density at radius 2 is 2.28 bits per heavy atom. The van der Waals surface area contributed by atoms with Crippen LogP contribution in [0, 0.1) is 6.92 Å². The van der Waals surface area contributed by atoms with Gasteiger partial charge in [-0.1, -0.05) is 0 Å². The first-order chi connectivity index (χ1) is 8.74. The van der Waals surface area contributed by atoms with Crippen LogP contribution in [0.2, 0.25) is 0 Å². The summed E-state index contributed by atoms with van der Waals surface area (Å²) in [4.78, 5) is 12.1. The lowest BCUT2D eigenvalue weighted by molar-refractivity contribution is 0.102. The average molecular weight is 258 g/mol. The molecule has 0 radical (unpaired) electrons. The number of anilines is 2. The largest absolute Gasteiger partial charge is 0.384 e. The van der Waals surface area contributed by atoms with Gasteiger partial charge in [0.1, 0.15) is 0 Å². The second kappa shape index (κ2) is 4.46. The van der Waals surface area contributed by atoms with Crippen molar-refractivity contribution < 1.29 is 4.79 Å². The molecule has 1 amide bonds. The maximum absolute atomic E-state index is 12.1. The molecule has 4 heteroatoms. The van der Waals surface area contributed by atoms with E-state index < -0.39 is 0 Å². The van der Waals surface area contributed by atoms with Crippen LogP contribution in [-0.4, -0.2) is 12.5 Å². The molecule has 0 unspecified atom stereocenters. The number of rotatable bonds is 2. The minimum atomic E-state index is -0.0281. The van der Waals surface area contributed by atoms with Gasteiger partial charge in [-0.3, -0.25) is 4.79 Å². The van der Waals surface area contributed by atoms with Crippen molar-refractivity contribution in [2.75, 3.05) is 17.2 Å².